The molecule has 1 aliphatic rings. The van der Waals surface area contributed by atoms with Gasteiger partial charge in [-0.2, -0.15) is 0 Å². The van der Waals surface area contributed by atoms with E-state index in [2.05, 4.69) is 4.72 Å². The molecule has 0 aliphatic carbocycles. The van der Waals surface area contributed by atoms with Crippen LogP contribution >= 0.6 is 0 Å². The van der Waals surface area contributed by atoms with Gasteiger partial charge >= 0.3 is 0 Å². The number of hydrogen-bond acceptors (Lipinski definition) is 7. The predicted molar refractivity (Wildman–Crippen MR) is 127 cm³/mol. The molecule has 0 saturated heterocycles. The fourth-order valence-electron chi connectivity index (χ4n) is 3.76. The Morgan fingerprint density at radius 2 is 1.94 bits per heavy atom. The van der Waals surface area contributed by atoms with Crippen LogP contribution in [0.5, 0.6) is 5.75 Å². The van der Waals surface area contributed by atoms with Crippen molar-refractivity contribution in [2.45, 2.75) is 26.0 Å². The monoisotopic (exact) mass is 484 g/mol. The fraction of sp³-hybridized carbons (Fsp3) is 0.636. The molecule has 0 unspecified atom stereocenters. The molecule has 33 heavy (non-hydrogen) atoms. The van der Waals surface area contributed by atoms with Crippen molar-refractivity contribution in [3.05, 3.63) is 23.8 Å². The van der Waals surface area contributed by atoms with E-state index in [-0.39, 0.29) is 54.3 Å². The molecule has 2 amide bonds. The third-order valence-corrected chi connectivity index (χ3v) is 6.13. The number of anilines is 1. The van der Waals surface area contributed by atoms with Gasteiger partial charge in [0, 0.05) is 38.9 Å². The van der Waals surface area contributed by atoms with Crippen LogP contribution in [0.4, 0.5) is 5.69 Å². The molecule has 10 nitrogen and oxygen atoms in total. The SMILES string of the molecule is CO[C@@H]1CN(C)C(=O)c2cc(NS(C)(=O)=O)ccc2OC[C@@H](C)N(C(=O)CN(C)C)C[C@H]1C. The van der Waals surface area contributed by atoms with Gasteiger partial charge in [0.15, 0.2) is 0 Å². The minimum Gasteiger partial charge on any atom is -0.491 e. The minimum atomic E-state index is -3.51. The molecule has 1 aliphatic heterocycles. The molecule has 2 rings (SSSR count). The summed E-state index contributed by atoms with van der Waals surface area (Å²) in [5.74, 6) is -0.0614. The molecule has 11 heteroatoms. The third kappa shape index (κ3) is 7.58. The molecule has 1 aromatic carbocycles. The van der Waals surface area contributed by atoms with Gasteiger partial charge in [0.05, 0.1) is 30.5 Å². The molecule has 1 heterocycles. The fourth-order valence-corrected chi connectivity index (χ4v) is 4.32. The summed E-state index contributed by atoms with van der Waals surface area (Å²) in [5.41, 5.74) is 0.494. The Labute approximate surface area is 196 Å². The highest BCUT2D eigenvalue weighted by molar-refractivity contribution is 7.92. The third-order valence-electron chi connectivity index (χ3n) is 5.52. The summed E-state index contributed by atoms with van der Waals surface area (Å²) in [6.07, 6.45) is 0.740. The van der Waals surface area contributed by atoms with E-state index in [1.165, 1.54) is 11.0 Å². The van der Waals surface area contributed by atoms with E-state index in [0.717, 1.165) is 6.26 Å². The number of benzene rings is 1. The first-order chi connectivity index (χ1) is 15.3. The molecular formula is C22H36N4O6S. The van der Waals surface area contributed by atoms with Gasteiger partial charge in [-0.05, 0) is 39.2 Å². The highest BCUT2D eigenvalue weighted by Gasteiger charge is 2.30. The number of fused-ring (bicyclic) bond motifs is 1. The Hall–Kier alpha value is -2.37. The summed E-state index contributed by atoms with van der Waals surface area (Å²) in [4.78, 5) is 31.4. The molecule has 0 aromatic heterocycles. The number of methoxy groups -OCH3 is 1. The summed E-state index contributed by atoms with van der Waals surface area (Å²) in [5, 5.41) is 0. The molecule has 186 valence electrons. The van der Waals surface area contributed by atoms with E-state index in [1.807, 2.05) is 32.8 Å². The Morgan fingerprint density at radius 3 is 2.52 bits per heavy atom. The number of sulfonamides is 1. The van der Waals surface area contributed by atoms with E-state index in [9.17, 15) is 18.0 Å². The van der Waals surface area contributed by atoms with E-state index in [0.29, 0.717) is 18.8 Å². The van der Waals surface area contributed by atoms with Gasteiger partial charge in [0.1, 0.15) is 12.4 Å². The van der Waals surface area contributed by atoms with Gasteiger partial charge in [-0.3, -0.25) is 14.3 Å². The number of carbonyl (C=O) groups excluding carboxylic acids is 2. The Morgan fingerprint density at radius 1 is 1.27 bits per heavy atom. The van der Waals surface area contributed by atoms with Gasteiger partial charge in [0.25, 0.3) is 5.91 Å². The summed E-state index contributed by atoms with van der Waals surface area (Å²) in [6, 6.07) is 4.31. The number of rotatable bonds is 5. The van der Waals surface area contributed by atoms with Gasteiger partial charge < -0.3 is 24.2 Å². The number of amides is 2. The zero-order valence-corrected chi connectivity index (χ0v) is 21.3. The maximum absolute atomic E-state index is 13.3. The number of carbonyl (C=O) groups is 2. The van der Waals surface area contributed by atoms with Gasteiger partial charge in [-0.1, -0.05) is 6.92 Å². The lowest BCUT2D eigenvalue weighted by Crippen LogP contribution is -2.50. The number of likely N-dealkylation sites (N-methyl/N-ethyl adjacent to an activating group) is 2. The van der Waals surface area contributed by atoms with Crippen molar-refractivity contribution in [3.8, 4) is 5.75 Å². The lowest BCUT2D eigenvalue weighted by atomic mass is 10.0. The van der Waals surface area contributed by atoms with E-state index < -0.39 is 10.0 Å². The summed E-state index contributed by atoms with van der Waals surface area (Å²) in [6.45, 7) is 5.09. The molecule has 1 N–H and O–H groups in total. The predicted octanol–water partition coefficient (Wildman–Crippen LogP) is 0.952. The van der Waals surface area contributed by atoms with E-state index >= 15 is 0 Å². The van der Waals surface area contributed by atoms with Crippen molar-refractivity contribution < 1.29 is 27.5 Å². The molecule has 3 atom stereocenters. The quantitative estimate of drug-likeness (QED) is 0.663. The first-order valence-corrected chi connectivity index (χ1v) is 12.7. The maximum atomic E-state index is 13.3. The van der Waals surface area contributed by atoms with Crippen LogP contribution in [0.3, 0.4) is 0 Å². The van der Waals surface area contributed by atoms with Crippen LogP contribution in [0.2, 0.25) is 0 Å². The zero-order valence-electron chi connectivity index (χ0n) is 20.5. The summed E-state index contributed by atoms with van der Waals surface area (Å²) >= 11 is 0. The van der Waals surface area contributed by atoms with Crippen molar-refractivity contribution in [3.63, 3.8) is 0 Å². The van der Waals surface area contributed by atoms with Gasteiger partial charge in [0.2, 0.25) is 15.9 Å². The number of nitrogens with one attached hydrogen (secondary N) is 1. The summed E-state index contributed by atoms with van der Waals surface area (Å²) < 4.78 is 37.4. The first-order valence-electron chi connectivity index (χ1n) is 10.8. The maximum Gasteiger partial charge on any atom is 0.257 e. The minimum absolute atomic E-state index is 0.0211. The first kappa shape index (κ1) is 26.9. The topological polar surface area (TPSA) is 108 Å². The average molecular weight is 485 g/mol. The second-order valence-corrected chi connectivity index (χ2v) is 10.7. The Kier molecular flexibility index (Phi) is 9.10. The molecule has 1 aromatic rings. The smallest absolute Gasteiger partial charge is 0.257 e. The molecule has 0 saturated carbocycles. The largest absolute Gasteiger partial charge is 0.491 e. The van der Waals surface area contributed by atoms with Crippen LogP contribution in [0.25, 0.3) is 0 Å². The average Bonchev–Trinajstić information content (AvgIpc) is 2.71. The van der Waals surface area contributed by atoms with Crippen LogP contribution in [0, 0.1) is 5.92 Å². The van der Waals surface area contributed by atoms with Crippen LogP contribution in [-0.2, 0) is 19.6 Å². The standard InChI is InChI=1S/C22H36N4O6S/c1-15-11-26(21(27)13-24(3)4)16(2)14-32-19-9-8-17(23-33(7,29)30)10-18(19)22(28)25(5)12-20(15)31-6/h8-10,15-16,20,23H,11-14H2,1-7H3/t15-,16-,20-/m1/s1. The summed E-state index contributed by atoms with van der Waals surface area (Å²) in [7, 11) is 3.42. The Balaban J connectivity index is 2.47. The van der Waals surface area contributed by atoms with Crippen molar-refractivity contribution in [2.75, 3.05) is 65.5 Å². The van der Waals surface area contributed by atoms with Crippen LogP contribution in [0.1, 0.15) is 24.2 Å². The second-order valence-electron chi connectivity index (χ2n) is 8.97. The van der Waals surface area contributed by atoms with Gasteiger partial charge in [-0.15, -0.1) is 0 Å². The Bertz CT molecular complexity index is 952. The lowest BCUT2D eigenvalue weighted by Gasteiger charge is -2.36. The highest BCUT2D eigenvalue weighted by atomic mass is 32.2. The van der Waals surface area contributed by atoms with Crippen molar-refractivity contribution in [1.82, 2.24) is 14.7 Å². The van der Waals surface area contributed by atoms with Crippen molar-refractivity contribution in [2.24, 2.45) is 5.92 Å². The van der Waals surface area contributed by atoms with Crippen LogP contribution in [0.15, 0.2) is 18.2 Å². The van der Waals surface area contributed by atoms with E-state index in [1.54, 1.807) is 31.2 Å². The molecule has 0 bridgehead atoms. The normalized spacial score (nSPS) is 22.8. The van der Waals surface area contributed by atoms with Crippen molar-refractivity contribution >= 4 is 27.5 Å². The van der Waals surface area contributed by atoms with Gasteiger partial charge in [-0.25, -0.2) is 8.42 Å². The number of ether oxygens (including phenoxy) is 2. The zero-order chi connectivity index (χ0) is 24.9. The lowest BCUT2D eigenvalue weighted by molar-refractivity contribution is -0.136. The van der Waals surface area contributed by atoms with E-state index in [4.69, 9.17) is 9.47 Å². The molecule has 0 spiro atoms. The van der Waals surface area contributed by atoms with Crippen molar-refractivity contribution in [1.29, 1.82) is 0 Å². The molecule has 0 radical (unpaired) electrons. The second kappa shape index (κ2) is 11.2. The number of nitrogens with zero attached hydrogens (tertiary/aromatic N) is 3. The van der Waals surface area contributed by atoms with Crippen LogP contribution < -0.4 is 9.46 Å². The van der Waals surface area contributed by atoms with Crippen LogP contribution in [-0.4, -0.2) is 108 Å². The highest BCUT2D eigenvalue weighted by Crippen LogP contribution is 2.27. The molecule has 0 fully saturated rings. The molecular weight excluding hydrogens is 448 g/mol. The number of hydrogen-bond donors (Lipinski definition) is 1.